The second-order valence-corrected chi connectivity index (χ2v) is 11.3. The van der Waals surface area contributed by atoms with E-state index in [0.717, 1.165) is 25.7 Å². The van der Waals surface area contributed by atoms with Crippen LogP contribution in [0, 0.1) is 11.3 Å². The Hall–Kier alpha value is -2.70. The summed E-state index contributed by atoms with van der Waals surface area (Å²) in [6.45, 7) is 4.36. The lowest BCUT2D eigenvalue weighted by atomic mass is 9.83. The number of nitrogens with zero attached hydrogens (tertiary/aromatic N) is 1. The predicted octanol–water partition coefficient (Wildman–Crippen LogP) is 1.18. The monoisotopic (exact) mass is 532 g/mol. The first-order chi connectivity index (χ1) is 17.1. The lowest BCUT2D eigenvalue weighted by Crippen LogP contribution is -2.55. The molecule has 2 heterocycles. The molecule has 0 aromatic rings. The highest BCUT2D eigenvalue weighted by atomic mass is 19.4. The van der Waals surface area contributed by atoms with E-state index in [1.165, 1.54) is 4.90 Å². The third kappa shape index (κ3) is 7.65. The van der Waals surface area contributed by atoms with Crippen molar-refractivity contribution in [3.05, 3.63) is 0 Å². The van der Waals surface area contributed by atoms with Crippen molar-refractivity contribution >= 4 is 29.4 Å². The van der Waals surface area contributed by atoms with Crippen molar-refractivity contribution in [3.8, 4) is 0 Å². The SMILES string of the molecule is CC(C)(C)NC(=O)C(=O)N1CC2(CCCC2)CC1C(=O)N[C@@H](C[C@@H]1CCNC1=O)C(=O)COC(F)(F)F. The van der Waals surface area contributed by atoms with Crippen LogP contribution in [0.3, 0.4) is 0 Å². The van der Waals surface area contributed by atoms with E-state index in [4.69, 9.17) is 0 Å². The molecule has 3 N–H and O–H groups in total. The molecule has 1 saturated carbocycles. The van der Waals surface area contributed by atoms with Gasteiger partial charge in [0, 0.05) is 24.5 Å². The second-order valence-electron chi connectivity index (χ2n) is 11.3. The average Bonchev–Trinajstić information content (AvgIpc) is 3.50. The summed E-state index contributed by atoms with van der Waals surface area (Å²) in [4.78, 5) is 65.1. The quantitative estimate of drug-likeness (QED) is 0.422. The van der Waals surface area contributed by atoms with Crippen LogP contribution in [0.25, 0.3) is 0 Å². The third-order valence-corrected chi connectivity index (χ3v) is 7.19. The Morgan fingerprint density at radius 1 is 1.16 bits per heavy atom. The van der Waals surface area contributed by atoms with Gasteiger partial charge >= 0.3 is 18.2 Å². The van der Waals surface area contributed by atoms with Crippen molar-refractivity contribution in [2.75, 3.05) is 19.7 Å². The van der Waals surface area contributed by atoms with E-state index in [9.17, 15) is 37.1 Å². The maximum absolute atomic E-state index is 13.4. The molecule has 10 nitrogen and oxygen atoms in total. The van der Waals surface area contributed by atoms with Crippen LogP contribution >= 0.6 is 0 Å². The highest BCUT2D eigenvalue weighted by Crippen LogP contribution is 2.47. The number of halogens is 3. The Morgan fingerprint density at radius 2 is 1.81 bits per heavy atom. The van der Waals surface area contributed by atoms with Gasteiger partial charge in [-0.25, -0.2) is 0 Å². The van der Waals surface area contributed by atoms with Crippen LogP contribution in [0.2, 0.25) is 0 Å². The molecule has 1 unspecified atom stereocenters. The third-order valence-electron chi connectivity index (χ3n) is 7.19. The summed E-state index contributed by atoms with van der Waals surface area (Å²) < 4.78 is 41.3. The second kappa shape index (κ2) is 11.0. The van der Waals surface area contributed by atoms with E-state index in [1.54, 1.807) is 20.8 Å². The maximum atomic E-state index is 13.4. The summed E-state index contributed by atoms with van der Waals surface area (Å²) in [6.07, 6.45) is -1.24. The van der Waals surface area contributed by atoms with E-state index in [0.29, 0.717) is 13.0 Å². The van der Waals surface area contributed by atoms with Gasteiger partial charge in [0.05, 0.1) is 6.04 Å². The fourth-order valence-corrected chi connectivity index (χ4v) is 5.46. The number of Topliss-reactive ketones (excluding diaryl/α,β-unsaturated/α-hetero) is 1. The molecule has 3 rings (SSSR count). The average molecular weight is 533 g/mol. The summed E-state index contributed by atoms with van der Waals surface area (Å²) in [5.41, 5.74) is -1.03. The van der Waals surface area contributed by atoms with Crippen LogP contribution in [-0.4, -0.2) is 78.0 Å². The van der Waals surface area contributed by atoms with E-state index in [-0.39, 0.29) is 30.7 Å². The molecular weight excluding hydrogens is 497 g/mol. The van der Waals surface area contributed by atoms with Gasteiger partial charge in [0.15, 0.2) is 5.78 Å². The van der Waals surface area contributed by atoms with Crippen molar-refractivity contribution in [1.29, 1.82) is 0 Å². The van der Waals surface area contributed by atoms with Crippen molar-refractivity contribution in [1.82, 2.24) is 20.9 Å². The molecule has 0 aromatic carbocycles. The molecule has 208 valence electrons. The molecule has 0 aromatic heterocycles. The molecule has 1 aliphatic carbocycles. The van der Waals surface area contributed by atoms with Crippen LogP contribution in [0.1, 0.15) is 65.7 Å². The lowest BCUT2D eigenvalue weighted by Gasteiger charge is -2.28. The molecule has 2 saturated heterocycles. The topological polar surface area (TPSA) is 134 Å². The van der Waals surface area contributed by atoms with Gasteiger partial charge in [-0.05, 0) is 58.3 Å². The van der Waals surface area contributed by atoms with Crippen LogP contribution in [0.15, 0.2) is 0 Å². The number of carbonyl (C=O) groups is 5. The minimum Gasteiger partial charge on any atom is -0.356 e. The van der Waals surface area contributed by atoms with Crippen molar-refractivity contribution in [3.63, 3.8) is 0 Å². The highest BCUT2D eigenvalue weighted by molar-refractivity contribution is 6.35. The number of alkyl halides is 3. The van der Waals surface area contributed by atoms with E-state index in [1.807, 2.05) is 0 Å². The zero-order valence-corrected chi connectivity index (χ0v) is 21.3. The van der Waals surface area contributed by atoms with Gasteiger partial charge in [-0.15, -0.1) is 13.2 Å². The number of hydrogen-bond donors (Lipinski definition) is 3. The summed E-state index contributed by atoms with van der Waals surface area (Å²) in [5, 5.41) is 7.67. The minimum atomic E-state index is -5.04. The molecule has 13 heteroatoms. The van der Waals surface area contributed by atoms with Crippen LogP contribution < -0.4 is 16.0 Å². The number of nitrogens with one attached hydrogen (secondary N) is 3. The fourth-order valence-electron chi connectivity index (χ4n) is 5.46. The number of hydrogen-bond acceptors (Lipinski definition) is 6. The van der Waals surface area contributed by atoms with Gasteiger partial charge in [0.25, 0.3) is 0 Å². The Kier molecular flexibility index (Phi) is 8.55. The van der Waals surface area contributed by atoms with Gasteiger partial charge in [-0.3, -0.25) is 28.7 Å². The normalized spacial score (nSPS) is 24.2. The highest BCUT2D eigenvalue weighted by Gasteiger charge is 2.51. The first kappa shape index (κ1) is 28.9. The van der Waals surface area contributed by atoms with E-state index < -0.39 is 60.0 Å². The predicted molar refractivity (Wildman–Crippen MR) is 124 cm³/mol. The van der Waals surface area contributed by atoms with E-state index in [2.05, 4.69) is 20.7 Å². The molecule has 0 bridgehead atoms. The van der Waals surface area contributed by atoms with E-state index >= 15 is 0 Å². The molecule has 3 aliphatic rings. The number of rotatable bonds is 7. The molecule has 3 fully saturated rings. The van der Waals surface area contributed by atoms with Crippen LogP contribution in [0.4, 0.5) is 13.2 Å². The zero-order chi connectivity index (χ0) is 27.6. The lowest BCUT2D eigenvalue weighted by molar-refractivity contribution is -0.321. The van der Waals surface area contributed by atoms with Crippen LogP contribution in [0.5, 0.6) is 0 Å². The number of carbonyl (C=O) groups excluding carboxylic acids is 5. The molecule has 4 amide bonds. The molecule has 2 aliphatic heterocycles. The number of likely N-dealkylation sites (tertiary alicyclic amines) is 1. The number of ether oxygens (including phenoxy) is 1. The van der Waals surface area contributed by atoms with Gasteiger partial charge in [-0.1, -0.05) is 12.8 Å². The number of amides is 4. The summed E-state index contributed by atoms with van der Waals surface area (Å²) in [5.74, 6) is -4.55. The Labute approximate surface area is 213 Å². The summed E-state index contributed by atoms with van der Waals surface area (Å²) in [6, 6.07) is -2.50. The Morgan fingerprint density at radius 3 is 2.35 bits per heavy atom. The summed E-state index contributed by atoms with van der Waals surface area (Å²) in [7, 11) is 0. The minimum absolute atomic E-state index is 0.197. The Balaban J connectivity index is 1.79. The Bertz CT molecular complexity index is 926. The first-order valence-electron chi connectivity index (χ1n) is 12.5. The van der Waals surface area contributed by atoms with Crippen molar-refractivity contribution < 1.29 is 41.9 Å². The van der Waals surface area contributed by atoms with Gasteiger partial charge in [0.1, 0.15) is 12.6 Å². The largest absolute Gasteiger partial charge is 0.522 e. The van der Waals surface area contributed by atoms with Gasteiger partial charge in [0.2, 0.25) is 11.8 Å². The molecular formula is C24H35F3N4O6. The standard InChI is InChI=1S/C24H35F3N4O6/c1-22(2,3)30-20(35)21(36)31-13-23(7-4-5-8-23)11-16(31)19(34)29-15(10-14-6-9-28-18(14)33)17(32)12-37-24(25,26)27/h14-16H,4-13H2,1-3H3,(H,28,33)(H,29,34)(H,30,35)/t14-,15-,16?/m0/s1. The summed E-state index contributed by atoms with van der Waals surface area (Å²) >= 11 is 0. The molecule has 37 heavy (non-hydrogen) atoms. The smallest absolute Gasteiger partial charge is 0.356 e. The molecule has 0 radical (unpaired) electrons. The van der Waals surface area contributed by atoms with Gasteiger partial charge < -0.3 is 20.9 Å². The molecule has 1 spiro atoms. The van der Waals surface area contributed by atoms with Crippen molar-refractivity contribution in [2.45, 2.75) is 89.7 Å². The maximum Gasteiger partial charge on any atom is 0.522 e. The molecule has 3 atom stereocenters. The van der Waals surface area contributed by atoms with Crippen molar-refractivity contribution in [2.24, 2.45) is 11.3 Å². The first-order valence-corrected chi connectivity index (χ1v) is 12.5. The zero-order valence-electron chi connectivity index (χ0n) is 21.3. The van der Waals surface area contributed by atoms with Crippen LogP contribution in [-0.2, 0) is 28.7 Å². The fraction of sp³-hybridized carbons (Fsp3) is 0.792. The van der Waals surface area contributed by atoms with Gasteiger partial charge in [-0.2, -0.15) is 0 Å². The number of ketones is 1.